The highest BCUT2D eigenvalue weighted by Gasteiger charge is 2.45. The van der Waals surface area contributed by atoms with E-state index in [-0.39, 0.29) is 16.9 Å². The molecule has 1 saturated heterocycles. The molecule has 34 heavy (non-hydrogen) atoms. The second kappa shape index (κ2) is 11.8. The minimum atomic E-state index is -0.757. The summed E-state index contributed by atoms with van der Waals surface area (Å²) in [5.41, 5.74) is 0.970. The van der Waals surface area contributed by atoms with E-state index in [1.54, 1.807) is 0 Å². The van der Waals surface area contributed by atoms with Gasteiger partial charge in [-0.2, -0.15) is 0 Å². The highest BCUT2D eigenvalue weighted by atomic mass is 19.1. The molecule has 0 unspecified atom stereocenters. The minimum Gasteiger partial charge on any atom is -0.507 e. The lowest BCUT2D eigenvalue weighted by Gasteiger charge is -2.27. The molecular weight excluding hydrogens is 435 g/mol. The molecule has 182 valence electrons. The first-order chi connectivity index (χ1) is 16.4. The van der Waals surface area contributed by atoms with E-state index in [1.165, 1.54) is 29.2 Å². The van der Waals surface area contributed by atoms with Crippen molar-refractivity contribution in [3.63, 3.8) is 0 Å². The van der Waals surface area contributed by atoms with Crippen LogP contribution in [0.4, 0.5) is 4.39 Å². The van der Waals surface area contributed by atoms with Crippen LogP contribution in [0.2, 0.25) is 0 Å². The topological polar surface area (TPSA) is 70.1 Å². The summed E-state index contributed by atoms with van der Waals surface area (Å²) in [6.07, 6.45) is 1.53. The Morgan fingerprint density at radius 3 is 2.44 bits per heavy atom. The third-order valence-corrected chi connectivity index (χ3v) is 6.07. The molecule has 1 aliphatic rings. The average molecular weight is 469 g/mol. The highest BCUT2D eigenvalue weighted by Crippen LogP contribution is 2.40. The van der Waals surface area contributed by atoms with Gasteiger partial charge < -0.3 is 19.6 Å². The molecule has 1 amide bonds. The molecule has 1 aliphatic heterocycles. The zero-order valence-electron chi connectivity index (χ0n) is 20.1. The number of ether oxygens (including phenoxy) is 1. The fourth-order valence-electron chi connectivity index (χ4n) is 4.22. The van der Waals surface area contributed by atoms with Crippen molar-refractivity contribution in [2.75, 3.05) is 32.8 Å². The summed E-state index contributed by atoms with van der Waals surface area (Å²) in [6, 6.07) is 11.7. The molecule has 2 aromatic carbocycles. The van der Waals surface area contributed by atoms with Gasteiger partial charge in [0.1, 0.15) is 17.3 Å². The number of benzene rings is 2. The fourth-order valence-corrected chi connectivity index (χ4v) is 4.22. The Morgan fingerprint density at radius 2 is 1.79 bits per heavy atom. The monoisotopic (exact) mass is 468 g/mol. The summed E-state index contributed by atoms with van der Waals surface area (Å²) in [7, 11) is 0. The average Bonchev–Trinajstić information content (AvgIpc) is 3.10. The number of nitrogens with zero attached hydrogens (tertiary/aromatic N) is 2. The van der Waals surface area contributed by atoms with Crippen molar-refractivity contribution >= 4 is 17.4 Å². The van der Waals surface area contributed by atoms with Crippen molar-refractivity contribution in [1.29, 1.82) is 0 Å². The van der Waals surface area contributed by atoms with Gasteiger partial charge in [0.25, 0.3) is 11.7 Å². The molecule has 0 spiro atoms. The maximum atomic E-state index is 13.4. The number of carbonyl (C=O) groups is 2. The molecule has 0 bridgehead atoms. The number of likely N-dealkylation sites (tertiary alicyclic amines) is 1. The van der Waals surface area contributed by atoms with Crippen molar-refractivity contribution in [2.45, 2.75) is 39.7 Å². The van der Waals surface area contributed by atoms with Gasteiger partial charge in [0.05, 0.1) is 18.2 Å². The van der Waals surface area contributed by atoms with Crippen LogP contribution >= 0.6 is 0 Å². The van der Waals surface area contributed by atoms with Gasteiger partial charge in [0.15, 0.2) is 0 Å². The Balaban J connectivity index is 2.03. The molecule has 0 aromatic heterocycles. The van der Waals surface area contributed by atoms with Crippen molar-refractivity contribution in [3.05, 3.63) is 71.0 Å². The van der Waals surface area contributed by atoms with Crippen LogP contribution < -0.4 is 4.74 Å². The van der Waals surface area contributed by atoms with Crippen molar-refractivity contribution in [1.82, 2.24) is 9.80 Å². The number of hydrogen-bond donors (Lipinski definition) is 1. The Morgan fingerprint density at radius 1 is 1.09 bits per heavy atom. The fraction of sp³-hybridized carbons (Fsp3) is 0.407. The predicted molar refractivity (Wildman–Crippen MR) is 130 cm³/mol. The number of aliphatic hydroxyl groups excluding tert-OH is 1. The molecule has 1 N–H and O–H groups in total. The van der Waals surface area contributed by atoms with Gasteiger partial charge in [0.2, 0.25) is 0 Å². The first-order valence-corrected chi connectivity index (χ1v) is 11.9. The number of carbonyl (C=O) groups excluding carboxylic acids is 2. The molecule has 0 aliphatic carbocycles. The Hall–Kier alpha value is -3.19. The summed E-state index contributed by atoms with van der Waals surface area (Å²) < 4.78 is 19.2. The minimum absolute atomic E-state index is 0.00656. The van der Waals surface area contributed by atoms with E-state index in [0.717, 1.165) is 26.1 Å². The van der Waals surface area contributed by atoms with Gasteiger partial charge in [-0.25, -0.2) is 4.39 Å². The number of Topliss-reactive ketones (excluding diaryl/α,β-unsaturated/α-hetero) is 1. The van der Waals surface area contributed by atoms with Gasteiger partial charge in [0, 0.05) is 12.1 Å². The Kier molecular flexibility index (Phi) is 8.82. The highest BCUT2D eigenvalue weighted by molar-refractivity contribution is 6.46. The SMILES string of the molecule is CCCOc1cccc([C@H]2/C(=C(\O)c3ccc(F)cc3)C(=O)C(=O)N2CCCN(CC)CC)c1. The van der Waals surface area contributed by atoms with Crippen molar-refractivity contribution in [3.8, 4) is 5.75 Å². The van der Waals surface area contributed by atoms with E-state index in [2.05, 4.69) is 18.7 Å². The Bertz CT molecular complexity index is 1030. The summed E-state index contributed by atoms with van der Waals surface area (Å²) >= 11 is 0. The maximum absolute atomic E-state index is 13.4. The van der Waals surface area contributed by atoms with Crippen LogP contribution in [0.15, 0.2) is 54.1 Å². The number of aliphatic hydroxyl groups is 1. The summed E-state index contributed by atoms with van der Waals surface area (Å²) in [4.78, 5) is 30.0. The van der Waals surface area contributed by atoms with Gasteiger partial charge >= 0.3 is 0 Å². The van der Waals surface area contributed by atoms with Gasteiger partial charge in [-0.1, -0.05) is 32.9 Å². The molecular formula is C27H33FN2O4. The van der Waals surface area contributed by atoms with Crippen LogP contribution in [0.5, 0.6) is 5.75 Å². The summed E-state index contributed by atoms with van der Waals surface area (Å²) in [6.45, 7) is 9.69. The van der Waals surface area contributed by atoms with Crippen LogP contribution in [0.1, 0.15) is 50.8 Å². The zero-order valence-corrected chi connectivity index (χ0v) is 20.1. The molecule has 2 aromatic rings. The molecule has 1 heterocycles. The van der Waals surface area contributed by atoms with E-state index in [0.29, 0.717) is 30.9 Å². The van der Waals surface area contributed by atoms with E-state index < -0.39 is 23.5 Å². The van der Waals surface area contributed by atoms with Gasteiger partial charge in [-0.3, -0.25) is 9.59 Å². The molecule has 0 radical (unpaired) electrons. The molecule has 7 heteroatoms. The lowest BCUT2D eigenvalue weighted by atomic mass is 9.95. The summed E-state index contributed by atoms with van der Waals surface area (Å²) in [5.74, 6) is -1.52. The van der Waals surface area contributed by atoms with Gasteiger partial charge in [-0.05, 0) is 74.4 Å². The summed E-state index contributed by atoms with van der Waals surface area (Å²) in [5, 5.41) is 11.1. The number of amides is 1. The smallest absolute Gasteiger partial charge is 0.295 e. The standard InChI is InChI=1S/C27H33FN2O4/c1-4-17-34-22-10-7-9-20(18-22)24-23(25(31)19-11-13-21(28)14-12-19)26(32)27(33)30(24)16-8-15-29(5-2)6-3/h7,9-14,18,24,31H,4-6,8,15-17H2,1-3H3/b25-23+/t24-/m0/s1. The van der Waals surface area contributed by atoms with E-state index >= 15 is 0 Å². The first-order valence-electron chi connectivity index (χ1n) is 11.9. The third-order valence-electron chi connectivity index (χ3n) is 6.07. The zero-order chi connectivity index (χ0) is 24.7. The molecule has 3 rings (SSSR count). The largest absolute Gasteiger partial charge is 0.507 e. The van der Waals surface area contributed by atoms with Crippen LogP contribution in [0, 0.1) is 5.82 Å². The number of halogens is 1. The van der Waals surface area contributed by atoms with Crippen LogP contribution in [0.3, 0.4) is 0 Å². The normalized spacial score (nSPS) is 17.6. The van der Waals surface area contributed by atoms with Crippen LogP contribution in [-0.4, -0.2) is 59.4 Å². The second-order valence-corrected chi connectivity index (χ2v) is 8.30. The first kappa shape index (κ1) is 25.4. The molecule has 1 atom stereocenters. The van der Waals surface area contributed by atoms with Gasteiger partial charge in [-0.15, -0.1) is 0 Å². The molecule has 6 nitrogen and oxygen atoms in total. The molecule has 0 saturated carbocycles. The Labute approximate surface area is 200 Å². The number of ketones is 1. The molecule has 1 fully saturated rings. The second-order valence-electron chi connectivity index (χ2n) is 8.30. The quantitative estimate of drug-likeness (QED) is 0.292. The lowest BCUT2D eigenvalue weighted by molar-refractivity contribution is -0.140. The lowest BCUT2D eigenvalue weighted by Crippen LogP contribution is -2.33. The van der Waals surface area contributed by atoms with Crippen LogP contribution in [-0.2, 0) is 9.59 Å². The van der Waals surface area contributed by atoms with E-state index in [1.807, 2.05) is 31.2 Å². The maximum Gasteiger partial charge on any atom is 0.295 e. The van der Waals surface area contributed by atoms with Crippen molar-refractivity contribution in [2.24, 2.45) is 0 Å². The predicted octanol–water partition coefficient (Wildman–Crippen LogP) is 4.77. The third kappa shape index (κ3) is 5.65. The number of hydrogen-bond acceptors (Lipinski definition) is 5. The van der Waals surface area contributed by atoms with Crippen LogP contribution in [0.25, 0.3) is 5.76 Å². The van der Waals surface area contributed by atoms with E-state index in [9.17, 15) is 19.1 Å². The number of rotatable bonds is 11. The van der Waals surface area contributed by atoms with E-state index in [4.69, 9.17) is 4.74 Å². The van der Waals surface area contributed by atoms with Crippen molar-refractivity contribution < 1.29 is 23.8 Å².